The highest BCUT2D eigenvalue weighted by Gasteiger charge is 2.33. The number of ketones is 1. The highest BCUT2D eigenvalue weighted by Crippen LogP contribution is 2.23. The SMILES string of the molecule is CC(=O)C(C(=O)OC(C)(C)C)c1nc(C)ns1. The molecular formula is C11H16N2O3S. The van der Waals surface area contributed by atoms with Crippen LogP contribution in [0, 0.1) is 6.92 Å². The van der Waals surface area contributed by atoms with Gasteiger partial charge in [0.25, 0.3) is 0 Å². The number of aromatic nitrogens is 2. The molecule has 0 aliphatic carbocycles. The molecule has 1 unspecified atom stereocenters. The molecule has 6 heteroatoms. The lowest BCUT2D eigenvalue weighted by Gasteiger charge is -2.21. The zero-order valence-corrected chi connectivity index (χ0v) is 11.4. The van der Waals surface area contributed by atoms with Gasteiger partial charge in [0, 0.05) is 0 Å². The summed E-state index contributed by atoms with van der Waals surface area (Å²) in [5, 5.41) is 0.393. The van der Waals surface area contributed by atoms with Crippen molar-refractivity contribution >= 4 is 23.3 Å². The van der Waals surface area contributed by atoms with E-state index in [0.29, 0.717) is 10.8 Å². The van der Waals surface area contributed by atoms with Crippen molar-refractivity contribution < 1.29 is 14.3 Å². The van der Waals surface area contributed by atoms with Crippen LogP contribution in [0.2, 0.25) is 0 Å². The molecule has 0 aliphatic heterocycles. The highest BCUT2D eigenvalue weighted by atomic mass is 32.1. The van der Waals surface area contributed by atoms with Crippen molar-refractivity contribution in [1.82, 2.24) is 9.36 Å². The molecule has 94 valence electrons. The first-order chi connectivity index (χ1) is 7.70. The van der Waals surface area contributed by atoms with Crippen molar-refractivity contribution in [2.24, 2.45) is 0 Å². The maximum Gasteiger partial charge on any atom is 0.324 e. The maximum atomic E-state index is 11.9. The summed E-state index contributed by atoms with van der Waals surface area (Å²) in [7, 11) is 0. The lowest BCUT2D eigenvalue weighted by Crippen LogP contribution is -2.30. The number of nitrogens with zero attached hydrogens (tertiary/aromatic N) is 2. The van der Waals surface area contributed by atoms with Crippen LogP contribution in [-0.4, -0.2) is 26.7 Å². The van der Waals surface area contributed by atoms with Gasteiger partial charge in [0.15, 0.2) is 11.7 Å². The van der Waals surface area contributed by atoms with E-state index in [4.69, 9.17) is 4.74 Å². The maximum absolute atomic E-state index is 11.9. The molecule has 0 saturated heterocycles. The van der Waals surface area contributed by atoms with Crippen molar-refractivity contribution in [3.63, 3.8) is 0 Å². The van der Waals surface area contributed by atoms with E-state index in [-0.39, 0.29) is 5.78 Å². The Morgan fingerprint density at radius 2 is 1.94 bits per heavy atom. The van der Waals surface area contributed by atoms with E-state index < -0.39 is 17.5 Å². The zero-order valence-electron chi connectivity index (χ0n) is 10.6. The second-order valence-electron chi connectivity index (χ2n) is 4.76. The van der Waals surface area contributed by atoms with Gasteiger partial charge in [0.05, 0.1) is 0 Å². The molecule has 1 rings (SSSR count). The number of hydrogen-bond donors (Lipinski definition) is 0. The van der Waals surface area contributed by atoms with Crippen LogP contribution in [0.5, 0.6) is 0 Å². The summed E-state index contributed by atoms with van der Waals surface area (Å²) in [6.07, 6.45) is 0. The van der Waals surface area contributed by atoms with E-state index >= 15 is 0 Å². The second-order valence-corrected chi connectivity index (χ2v) is 5.54. The second kappa shape index (κ2) is 4.91. The van der Waals surface area contributed by atoms with E-state index in [1.54, 1.807) is 27.7 Å². The topological polar surface area (TPSA) is 69.2 Å². The molecule has 5 nitrogen and oxygen atoms in total. The predicted octanol–water partition coefficient (Wildman–Crippen LogP) is 1.86. The minimum atomic E-state index is -0.958. The molecule has 1 aromatic rings. The third-order valence-electron chi connectivity index (χ3n) is 1.84. The number of Topliss-reactive ketones (excluding diaryl/α,β-unsaturated/α-hetero) is 1. The lowest BCUT2D eigenvalue weighted by atomic mass is 10.1. The Morgan fingerprint density at radius 3 is 2.29 bits per heavy atom. The number of ether oxygens (including phenoxy) is 1. The van der Waals surface area contributed by atoms with Crippen molar-refractivity contribution in [2.75, 3.05) is 0 Å². The Hall–Kier alpha value is -1.30. The van der Waals surface area contributed by atoms with Crippen molar-refractivity contribution in [3.8, 4) is 0 Å². The van der Waals surface area contributed by atoms with Crippen LogP contribution in [0.1, 0.15) is 44.4 Å². The third kappa shape index (κ3) is 3.89. The number of esters is 1. The average molecular weight is 256 g/mol. The van der Waals surface area contributed by atoms with Crippen molar-refractivity contribution in [2.45, 2.75) is 46.1 Å². The molecule has 0 aromatic carbocycles. The quantitative estimate of drug-likeness (QED) is 0.610. The smallest absolute Gasteiger partial charge is 0.324 e. The number of aryl methyl sites for hydroxylation is 1. The van der Waals surface area contributed by atoms with Gasteiger partial charge in [-0.3, -0.25) is 9.59 Å². The molecule has 0 N–H and O–H groups in total. The number of carbonyl (C=O) groups is 2. The number of rotatable bonds is 3. The summed E-state index contributed by atoms with van der Waals surface area (Å²) in [6, 6.07) is 0. The van der Waals surface area contributed by atoms with E-state index in [0.717, 1.165) is 11.5 Å². The number of hydrogen-bond acceptors (Lipinski definition) is 6. The molecule has 0 spiro atoms. The van der Waals surface area contributed by atoms with Crippen LogP contribution in [0.15, 0.2) is 0 Å². The molecule has 17 heavy (non-hydrogen) atoms. The Morgan fingerprint density at radius 1 is 1.35 bits per heavy atom. The van der Waals surface area contributed by atoms with Gasteiger partial charge in [-0.2, -0.15) is 4.37 Å². The van der Waals surface area contributed by atoms with Gasteiger partial charge in [-0.25, -0.2) is 4.98 Å². The molecule has 0 fully saturated rings. The molecule has 1 heterocycles. The van der Waals surface area contributed by atoms with Gasteiger partial charge in [-0.15, -0.1) is 0 Å². The summed E-state index contributed by atoms with van der Waals surface area (Å²) in [5.74, 6) is -1.25. The molecule has 0 amide bonds. The van der Waals surface area contributed by atoms with E-state index in [9.17, 15) is 9.59 Å². The van der Waals surface area contributed by atoms with Crippen LogP contribution in [0.4, 0.5) is 0 Å². The van der Waals surface area contributed by atoms with Gasteiger partial charge >= 0.3 is 5.97 Å². The minimum Gasteiger partial charge on any atom is -0.459 e. The minimum absolute atomic E-state index is 0.282. The first-order valence-corrected chi connectivity index (χ1v) is 6.01. The summed E-state index contributed by atoms with van der Waals surface area (Å²) in [5.41, 5.74) is -0.621. The normalized spacial score (nSPS) is 13.2. The molecular weight excluding hydrogens is 240 g/mol. The van der Waals surface area contributed by atoms with Crippen molar-refractivity contribution in [1.29, 1.82) is 0 Å². The van der Waals surface area contributed by atoms with E-state index in [1.165, 1.54) is 6.92 Å². The summed E-state index contributed by atoms with van der Waals surface area (Å²) in [4.78, 5) is 27.5. The first kappa shape index (κ1) is 13.8. The van der Waals surface area contributed by atoms with Gasteiger partial charge in [-0.05, 0) is 46.2 Å². The van der Waals surface area contributed by atoms with Crippen LogP contribution in [0.3, 0.4) is 0 Å². The standard InChI is InChI=1S/C11H16N2O3S/c1-6(14)8(9-12-7(2)13-17-9)10(15)16-11(3,4)5/h8H,1-5H3. The molecule has 0 saturated carbocycles. The van der Waals surface area contributed by atoms with Crippen molar-refractivity contribution in [3.05, 3.63) is 10.8 Å². The Labute approximate surface area is 104 Å². The third-order valence-corrected chi connectivity index (χ3v) is 2.71. The Bertz CT molecular complexity index is 434. The van der Waals surface area contributed by atoms with Gasteiger partial charge in [0.2, 0.25) is 0 Å². The van der Waals surface area contributed by atoms with Gasteiger partial charge < -0.3 is 4.74 Å². The summed E-state index contributed by atoms with van der Waals surface area (Å²) >= 11 is 1.06. The zero-order chi connectivity index (χ0) is 13.2. The van der Waals surface area contributed by atoms with E-state index in [1.807, 2.05) is 0 Å². The molecule has 0 radical (unpaired) electrons. The highest BCUT2D eigenvalue weighted by molar-refractivity contribution is 7.05. The van der Waals surface area contributed by atoms with Crippen LogP contribution < -0.4 is 0 Å². The number of carbonyl (C=O) groups excluding carboxylic acids is 2. The van der Waals surface area contributed by atoms with Crippen LogP contribution in [-0.2, 0) is 14.3 Å². The predicted molar refractivity (Wildman–Crippen MR) is 63.9 cm³/mol. The van der Waals surface area contributed by atoms with Gasteiger partial charge in [0.1, 0.15) is 16.4 Å². The molecule has 1 aromatic heterocycles. The fourth-order valence-corrected chi connectivity index (χ4v) is 2.04. The first-order valence-electron chi connectivity index (χ1n) is 5.24. The van der Waals surface area contributed by atoms with E-state index in [2.05, 4.69) is 9.36 Å². The molecule has 0 bridgehead atoms. The van der Waals surface area contributed by atoms with Crippen LogP contribution in [0.25, 0.3) is 0 Å². The summed E-state index contributed by atoms with van der Waals surface area (Å²) in [6.45, 7) is 8.34. The lowest BCUT2D eigenvalue weighted by molar-refractivity contribution is -0.158. The average Bonchev–Trinajstić information content (AvgIpc) is 2.47. The molecule has 1 atom stereocenters. The Kier molecular flexibility index (Phi) is 3.98. The molecule has 0 aliphatic rings. The fourth-order valence-electron chi connectivity index (χ4n) is 1.23. The summed E-state index contributed by atoms with van der Waals surface area (Å²) < 4.78 is 9.17. The largest absolute Gasteiger partial charge is 0.459 e. The fraction of sp³-hybridized carbons (Fsp3) is 0.636. The van der Waals surface area contributed by atoms with Gasteiger partial charge in [-0.1, -0.05) is 0 Å². The Balaban J connectivity index is 2.95. The monoisotopic (exact) mass is 256 g/mol. The van der Waals surface area contributed by atoms with Crippen LogP contribution >= 0.6 is 11.5 Å².